The largest absolute Gasteiger partial charge is 0.416 e. The van der Waals surface area contributed by atoms with Gasteiger partial charge in [0.1, 0.15) is 0 Å². The summed E-state index contributed by atoms with van der Waals surface area (Å²) in [6, 6.07) is 8.73. The minimum absolute atomic E-state index is 0.0896. The Morgan fingerprint density at radius 1 is 1.30 bits per heavy atom. The van der Waals surface area contributed by atoms with Gasteiger partial charge < -0.3 is 5.32 Å². The normalized spacial score (nSPS) is 12.7. The number of rotatable bonds is 6. The number of nitrogens with zero attached hydrogens (tertiary/aromatic N) is 3. The molecule has 5 nitrogen and oxygen atoms in total. The predicted octanol–water partition coefficient (Wildman–Crippen LogP) is 4.29. The van der Waals surface area contributed by atoms with Crippen molar-refractivity contribution in [3.8, 4) is 0 Å². The molecule has 3 aromatic rings. The van der Waals surface area contributed by atoms with Crippen molar-refractivity contribution in [2.24, 2.45) is 0 Å². The maximum absolute atomic E-state index is 12.8. The van der Waals surface area contributed by atoms with E-state index in [1.807, 2.05) is 24.4 Å². The lowest BCUT2D eigenvalue weighted by Gasteiger charge is -2.14. The van der Waals surface area contributed by atoms with Gasteiger partial charge in [-0.3, -0.25) is 4.79 Å². The molecular formula is C18H17F3N4OS. The molecule has 3 rings (SSSR count). The van der Waals surface area contributed by atoms with Gasteiger partial charge in [-0.25, -0.2) is 4.68 Å². The van der Waals surface area contributed by atoms with Gasteiger partial charge in [0.05, 0.1) is 24.3 Å². The van der Waals surface area contributed by atoms with Crippen molar-refractivity contribution in [1.29, 1.82) is 0 Å². The molecule has 0 spiro atoms. The maximum atomic E-state index is 12.8. The molecule has 1 N–H and O–H groups in total. The van der Waals surface area contributed by atoms with Crippen molar-refractivity contribution < 1.29 is 18.0 Å². The average Bonchev–Trinajstić information content (AvgIpc) is 3.31. The van der Waals surface area contributed by atoms with E-state index in [0.29, 0.717) is 5.56 Å². The first-order chi connectivity index (χ1) is 12.9. The number of alkyl halides is 3. The van der Waals surface area contributed by atoms with E-state index >= 15 is 0 Å². The molecule has 0 aliphatic rings. The highest BCUT2D eigenvalue weighted by Gasteiger charge is 2.30. The number of hydrogen-bond donors (Lipinski definition) is 1. The molecule has 0 fully saturated rings. The summed E-state index contributed by atoms with van der Waals surface area (Å²) in [5.41, 5.74) is -0.177. The summed E-state index contributed by atoms with van der Waals surface area (Å²) in [5.74, 6) is -0.370. The Morgan fingerprint density at radius 2 is 2.11 bits per heavy atom. The molecule has 0 saturated carbocycles. The van der Waals surface area contributed by atoms with Gasteiger partial charge in [0, 0.05) is 4.88 Å². The van der Waals surface area contributed by atoms with E-state index in [-0.39, 0.29) is 24.2 Å². The van der Waals surface area contributed by atoms with Gasteiger partial charge in [-0.05, 0) is 35.6 Å². The van der Waals surface area contributed by atoms with Crippen LogP contribution in [0, 0.1) is 0 Å². The van der Waals surface area contributed by atoms with E-state index in [4.69, 9.17) is 0 Å². The molecule has 9 heteroatoms. The number of carbonyl (C=O) groups excluding carboxylic acids is 1. The number of amides is 1. The molecule has 2 heterocycles. The highest BCUT2D eigenvalue weighted by molar-refractivity contribution is 7.10. The molecule has 0 bridgehead atoms. The summed E-state index contributed by atoms with van der Waals surface area (Å²) in [6.45, 7) is 2.06. The van der Waals surface area contributed by atoms with E-state index in [9.17, 15) is 18.0 Å². The zero-order chi connectivity index (χ0) is 19.4. The van der Waals surface area contributed by atoms with Crippen molar-refractivity contribution in [2.45, 2.75) is 32.1 Å². The Kier molecular flexibility index (Phi) is 5.59. The van der Waals surface area contributed by atoms with Gasteiger partial charge in [-0.1, -0.05) is 30.3 Å². The van der Waals surface area contributed by atoms with Crippen LogP contribution >= 0.6 is 11.3 Å². The summed E-state index contributed by atoms with van der Waals surface area (Å²) >= 11 is 1.56. The molecule has 1 atom stereocenters. The van der Waals surface area contributed by atoms with Crippen molar-refractivity contribution >= 4 is 17.2 Å². The summed E-state index contributed by atoms with van der Waals surface area (Å²) in [6.07, 6.45) is -2.25. The van der Waals surface area contributed by atoms with Crippen LogP contribution in [-0.2, 0) is 12.7 Å². The first kappa shape index (κ1) is 19.1. The van der Waals surface area contributed by atoms with E-state index in [0.717, 1.165) is 23.4 Å². The second kappa shape index (κ2) is 7.91. The van der Waals surface area contributed by atoms with E-state index in [1.165, 1.54) is 16.9 Å². The van der Waals surface area contributed by atoms with Crippen molar-refractivity contribution in [3.05, 3.63) is 69.7 Å². The van der Waals surface area contributed by atoms with Crippen LogP contribution in [0.25, 0.3) is 0 Å². The molecule has 2 aromatic heterocycles. The van der Waals surface area contributed by atoms with Gasteiger partial charge in [0.2, 0.25) is 0 Å². The highest BCUT2D eigenvalue weighted by Crippen LogP contribution is 2.29. The molecule has 0 saturated heterocycles. The summed E-state index contributed by atoms with van der Waals surface area (Å²) < 4.78 is 39.7. The van der Waals surface area contributed by atoms with Crippen LogP contribution in [0.4, 0.5) is 13.2 Å². The molecule has 27 heavy (non-hydrogen) atoms. The lowest BCUT2D eigenvalue weighted by Crippen LogP contribution is -2.27. The smallest absolute Gasteiger partial charge is 0.343 e. The number of aromatic nitrogens is 3. The monoisotopic (exact) mass is 394 g/mol. The number of carbonyl (C=O) groups is 1. The zero-order valence-electron chi connectivity index (χ0n) is 14.4. The van der Waals surface area contributed by atoms with Crippen molar-refractivity contribution in [2.75, 3.05) is 0 Å². The molecular weight excluding hydrogens is 377 g/mol. The van der Waals surface area contributed by atoms with Crippen LogP contribution in [0.15, 0.2) is 48.0 Å². The van der Waals surface area contributed by atoms with E-state index in [1.54, 1.807) is 17.4 Å². The second-order valence-electron chi connectivity index (χ2n) is 5.95. The van der Waals surface area contributed by atoms with E-state index < -0.39 is 11.7 Å². The molecule has 142 valence electrons. The van der Waals surface area contributed by atoms with Crippen LogP contribution in [0.3, 0.4) is 0 Å². The van der Waals surface area contributed by atoms with Gasteiger partial charge in [0.25, 0.3) is 5.91 Å². The van der Waals surface area contributed by atoms with Gasteiger partial charge >= 0.3 is 6.18 Å². The van der Waals surface area contributed by atoms with Crippen molar-refractivity contribution in [3.63, 3.8) is 0 Å². The predicted molar refractivity (Wildman–Crippen MR) is 95.4 cm³/mol. The third kappa shape index (κ3) is 4.73. The summed E-state index contributed by atoms with van der Waals surface area (Å²) in [5, 5.41) is 12.5. The number of hydrogen-bond acceptors (Lipinski definition) is 4. The van der Waals surface area contributed by atoms with Gasteiger partial charge in [-0.15, -0.1) is 16.4 Å². The SMILES string of the molecule is CCC(NC(=O)c1cn(Cc2cccc(C(F)(F)F)c2)nn1)c1cccs1. The number of nitrogens with one attached hydrogen (secondary N) is 1. The fourth-order valence-corrected chi connectivity index (χ4v) is 3.47. The quantitative estimate of drug-likeness (QED) is 0.679. The molecule has 1 unspecified atom stereocenters. The van der Waals surface area contributed by atoms with Gasteiger partial charge in [0.15, 0.2) is 5.69 Å². The fourth-order valence-electron chi connectivity index (χ4n) is 2.61. The Bertz CT molecular complexity index is 905. The third-order valence-electron chi connectivity index (χ3n) is 3.97. The third-order valence-corrected chi connectivity index (χ3v) is 4.96. The molecule has 0 aliphatic carbocycles. The number of benzene rings is 1. The number of thiophene rings is 1. The van der Waals surface area contributed by atoms with E-state index in [2.05, 4.69) is 15.6 Å². The Balaban J connectivity index is 1.69. The fraction of sp³-hybridized carbons (Fsp3) is 0.278. The van der Waals surface area contributed by atoms with Crippen LogP contribution in [0.5, 0.6) is 0 Å². The molecule has 0 radical (unpaired) electrons. The lowest BCUT2D eigenvalue weighted by molar-refractivity contribution is -0.137. The standard InChI is InChI=1S/C18H17F3N4OS/c1-2-14(16-7-4-8-27-16)22-17(26)15-11-25(24-23-15)10-12-5-3-6-13(9-12)18(19,20)21/h3-9,11,14H,2,10H2,1H3,(H,22,26). The Morgan fingerprint density at radius 3 is 2.78 bits per heavy atom. The molecule has 1 amide bonds. The van der Waals surface area contributed by atoms with Crippen LogP contribution in [-0.4, -0.2) is 20.9 Å². The van der Waals surface area contributed by atoms with Crippen LogP contribution in [0.2, 0.25) is 0 Å². The van der Waals surface area contributed by atoms with Crippen LogP contribution in [0.1, 0.15) is 45.9 Å². The summed E-state index contributed by atoms with van der Waals surface area (Å²) in [7, 11) is 0. The average molecular weight is 394 g/mol. The Labute approximate surface area is 157 Å². The first-order valence-electron chi connectivity index (χ1n) is 8.27. The lowest BCUT2D eigenvalue weighted by atomic mass is 10.1. The zero-order valence-corrected chi connectivity index (χ0v) is 15.2. The highest BCUT2D eigenvalue weighted by atomic mass is 32.1. The maximum Gasteiger partial charge on any atom is 0.416 e. The second-order valence-corrected chi connectivity index (χ2v) is 6.93. The topological polar surface area (TPSA) is 59.8 Å². The van der Waals surface area contributed by atoms with Crippen molar-refractivity contribution in [1.82, 2.24) is 20.3 Å². The van der Waals surface area contributed by atoms with Gasteiger partial charge in [-0.2, -0.15) is 13.2 Å². The summed E-state index contributed by atoms with van der Waals surface area (Å²) in [4.78, 5) is 13.4. The van der Waals surface area contributed by atoms with Crippen LogP contribution < -0.4 is 5.32 Å². The minimum atomic E-state index is -4.40. The first-order valence-corrected chi connectivity index (χ1v) is 9.15. The molecule has 1 aromatic carbocycles. The number of halogens is 3. The minimum Gasteiger partial charge on any atom is -0.343 e. The Hall–Kier alpha value is -2.68. The molecule has 0 aliphatic heterocycles.